The van der Waals surface area contributed by atoms with Crippen molar-refractivity contribution in [3.8, 4) is 11.3 Å². The lowest BCUT2D eigenvalue weighted by molar-refractivity contribution is 0.0972. The van der Waals surface area contributed by atoms with Crippen molar-refractivity contribution in [3.63, 3.8) is 0 Å². The van der Waals surface area contributed by atoms with E-state index in [9.17, 15) is 13.2 Å². The third-order valence-electron chi connectivity index (χ3n) is 5.96. The second-order valence-electron chi connectivity index (χ2n) is 8.15. The van der Waals surface area contributed by atoms with Gasteiger partial charge in [0, 0.05) is 36.3 Å². The van der Waals surface area contributed by atoms with Crippen molar-refractivity contribution in [2.75, 3.05) is 35.9 Å². The molecule has 2 aliphatic rings. The summed E-state index contributed by atoms with van der Waals surface area (Å²) >= 11 is 0. The fourth-order valence-corrected chi connectivity index (χ4v) is 5.22. The van der Waals surface area contributed by atoms with Gasteiger partial charge in [0.2, 0.25) is 0 Å². The number of ketones is 1. The van der Waals surface area contributed by atoms with Gasteiger partial charge in [0.25, 0.3) is 10.0 Å². The molecule has 9 heteroatoms. The van der Waals surface area contributed by atoms with Gasteiger partial charge in [-0.25, -0.2) is 8.42 Å². The molecule has 1 aliphatic heterocycles. The highest BCUT2D eigenvalue weighted by atomic mass is 32.2. The number of aromatic nitrogens is 2. The number of benzene rings is 2. The number of hydrogen-bond acceptors (Lipinski definition) is 7. The number of Topliss-reactive ketones (excluding diaryl/α,β-unsaturated/α-hetero) is 1. The Morgan fingerprint density at radius 2 is 1.70 bits per heavy atom. The number of carbonyl (C=O) groups is 1. The van der Waals surface area contributed by atoms with Crippen LogP contribution in [-0.2, 0) is 21.2 Å². The van der Waals surface area contributed by atoms with Gasteiger partial charge in [-0.1, -0.05) is 18.2 Å². The summed E-state index contributed by atoms with van der Waals surface area (Å²) in [6, 6.07) is 15.6. The van der Waals surface area contributed by atoms with Crippen molar-refractivity contribution >= 4 is 27.3 Å². The lowest BCUT2D eigenvalue weighted by Gasteiger charge is -2.27. The maximum absolute atomic E-state index is 12.9. The first-order chi connectivity index (χ1) is 16.0. The third-order valence-corrected chi connectivity index (χ3v) is 7.34. The maximum Gasteiger partial charge on any atom is 0.261 e. The Morgan fingerprint density at radius 3 is 2.42 bits per heavy atom. The van der Waals surface area contributed by atoms with Crippen LogP contribution in [0.1, 0.15) is 28.8 Å². The van der Waals surface area contributed by atoms with E-state index in [0.717, 1.165) is 42.9 Å². The number of morpholine rings is 1. The minimum absolute atomic E-state index is 0.00148. The molecule has 0 saturated carbocycles. The smallest absolute Gasteiger partial charge is 0.261 e. The molecule has 1 aliphatic carbocycles. The largest absolute Gasteiger partial charge is 0.378 e. The van der Waals surface area contributed by atoms with Crippen molar-refractivity contribution in [1.82, 2.24) is 10.2 Å². The zero-order chi connectivity index (χ0) is 22.8. The van der Waals surface area contributed by atoms with Crippen LogP contribution in [0.25, 0.3) is 11.3 Å². The molecule has 5 rings (SSSR count). The number of nitrogens with zero attached hydrogens (tertiary/aromatic N) is 3. The molecule has 0 unspecified atom stereocenters. The van der Waals surface area contributed by atoms with Gasteiger partial charge in [-0.3, -0.25) is 9.52 Å². The van der Waals surface area contributed by atoms with Crippen LogP contribution in [0.4, 0.5) is 11.5 Å². The molecular weight excluding hydrogens is 440 g/mol. The Hall–Kier alpha value is -3.30. The molecule has 2 aromatic carbocycles. The quantitative estimate of drug-likeness (QED) is 0.618. The topological polar surface area (TPSA) is 101 Å². The second-order valence-corrected chi connectivity index (χ2v) is 9.84. The minimum atomic E-state index is -3.81. The summed E-state index contributed by atoms with van der Waals surface area (Å²) in [7, 11) is -3.81. The average Bonchev–Trinajstić information content (AvgIpc) is 2.85. The molecule has 1 saturated heterocycles. The number of aryl methyl sites for hydroxylation is 1. The summed E-state index contributed by atoms with van der Waals surface area (Å²) in [6.45, 7) is 2.95. The molecule has 0 spiro atoms. The number of rotatable bonds is 5. The zero-order valence-electron chi connectivity index (χ0n) is 18.0. The van der Waals surface area contributed by atoms with E-state index >= 15 is 0 Å². The molecule has 1 fully saturated rings. The first kappa shape index (κ1) is 21.5. The number of fused-ring (bicyclic) bond motifs is 1. The fraction of sp³-hybridized carbons (Fsp3) is 0.292. The molecule has 8 nitrogen and oxygen atoms in total. The fourth-order valence-electron chi connectivity index (χ4n) is 4.14. The second kappa shape index (κ2) is 8.92. The first-order valence-electron chi connectivity index (χ1n) is 11.0. The van der Waals surface area contributed by atoms with E-state index in [0.29, 0.717) is 36.6 Å². The van der Waals surface area contributed by atoms with Crippen molar-refractivity contribution in [3.05, 3.63) is 65.7 Å². The highest BCUT2D eigenvalue weighted by Crippen LogP contribution is 2.26. The minimum Gasteiger partial charge on any atom is -0.378 e. The van der Waals surface area contributed by atoms with Gasteiger partial charge in [0.1, 0.15) is 0 Å². The summed E-state index contributed by atoms with van der Waals surface area (Å²) < 4.78 is 33.7. The van der Waals surface area contributed by atoms with E-state index in [-0.39, 0.29) is 10.7 Å². The lowest BCUT2D eigenvalue weighted by atomic mass is 9.91. The van der Waals surface area contributed by atoms with Crippen molar-refractivity contribution in [2.45, 2.75) is 24.2 Å². The van der Waals surface area contributed by atoms with E-state index in [2.05, 4.69) is 19.8 Å². The third kappa shape index (κ3) is 4.60. The van der Waals surface area contributed by atoms with Crippen molar-refractivity contribution in [1.29, 1.82) is 0 Å². The molecule has 170 valence electrons. The summed E-state index contributed by atoms with van der Waals surface area (Å²) in [5.74, 6) is 0.813. The Morgan fingerprint density at radius 1 is 0.909 bits per heavy atom. The van der Waals surface area contributed by atoms with Crippen LogP contribution < -0.4 is 9.62 Å². The number of sulfonamides is 1. The van der Waals surface area contributed by atoms with Gasteiger partial charge in [-0.15, -0.1) is 10.2 Å². The van der Waals surface area contributed by atoms with Crippen molar-refractivity contribution < 1.29 is 17.9 Å². The molecule has 2 heterocycles. The monoisotopic (exact) mass is 464 g/mol. The number of hydrogen-bond donors (Lipinski definition) is 1. The summed E-state index contributed by atoms with van der Waals surface area (Å²) in [6.07, 6.45) is 2.07. The predicted molar refractivity (Wildman–Crippen MR) is 125 cm³/mol. The Bertz CT molecular complexity index is 1270. The van der Waals surface area contributed by atoms with E-state index in [4.69, 9.17) is 4.74 Å². The molecule has 0 bridgehead atoms. The molecule has 1 aromatic heterocycles. The Kier molecular flexibility index (Phi) is 5.82. The molecule has 0 amide bonds. The molecule has 1 N–H and O–H groups in total. The normalized spacial score (nSPS) is 16.4. The van der Waals surface area contributed by atoms with Crippen LogP contribution in [0, 0.1) is 0 Å². The average molecular weight is 465 g/mol. The number of ether oxygens (including phenoxy) is 1. The summed E-state index contributed by atoms with van der Waals surface area (Å²) in [5, 5.41) is 8.64. The van der Waals surface area contributed by atoms with Crippen LogP contribution in [-0.4, -0.2) is 50.7 Å². The van der Waals surface area contributed by atoms with Gasteiger partial charge >= 0.3 is 0 Å². The molecule has 0 radical (unpaired) electrons. The van der Waals surface area contributed by atoms with Crippen LogP contribution in [0.3, 0.4) is 0 Å². The standard InChI is InChI=1S/C24H24N4O4S/c29-23-3-1-2-17-6-9-20(16-21(17)23)33(30,31)27-19-7-4-18(5-8-19)22-10-11-24(26-25-22)28-12-14-32-15-13-28/h4-11,16,27H,1-3,12-15H2. The lowest BCUT2D eigenvalue weighted by Crippen LogP contribution is -2.36. The van der Waals surface area contributed by atoms with Gasteiger partial charge in [-0.05, 0) is 54.8 Å². The van der Waals surface area contributed by atoms with E-state index in [1.165, 1.54) is 6.07 Å². The number of anilines is 2. The van der Waals surface area contributed by atoms with Crippen LogP contribution in [0.5, 0.6) is 0 Å². The molecule has 0 atom stereocenters. The van der Waals surface area contributed by atoms with E-state index < -0.39 is 10.0 Å². The van der Waals surface area contributed by atoms with E-state index in [1.807, 2.05) is 12.1 Å². The predicted octanol–water partition coefficient (Wildman–Crippen LogP) is 3.30. The number of nitrogens with one attached hydrogen (secondary N) is 1. The van der Waals surface area contributed by atoms with E-state index in [1.54, 1.807) is 36.4 Å². The molecular formula is C24H24N4O4S. The Balaban J connectivity index is 1.30. The molecule has 3 aromatic rings. The molecule has 33 heavy (non-hydrogen) atoms. The maximum atomic E-state index is 12.9. The summed E-state index contributed by atoms with van der Waals surface area (Å²) in [5.41, 5.74) is 3.39. The van der Waals surface area contributed by atoms with Crippen LogP contribution in [0.2, 0.25) is 0 Å². The van der Waals surface area contributed by atoms with Gasteiger partial charge in [0.05, 0.1) is 23.8 Å². The Labute approximate surface area is 192 Å². The highest BCUT2D eigenvalue weighted by molar-refractivity contribution is 7.92. The van der Waals surface area contributed by atoms with Gasteiger partial charge in [-0.2, -0.15) is 0 Å². The summed E-state index contributed by atoms with van der Waals surface area (Å²) in [4.78, 5) is 14.4. The first-order valence-corrected chi connectivity index (χ1v) is 12.4. The zero-order valence-corrected chi connectivity index (χ0v) is 18.8. The van der Waals surface area contributed by atoms with Gasteiger partial charge in [0.15, 0.2) is 11.6 Å². The van der Waals surface area contributed by atoms with Gasteiger partial charge < -0.3 is 9.64 Å². The van der Waals surface area contributed by atoms with Crippen LogP contribution >= 0.6 is 0 Å². The number of carbonyl (C=O) groups excluding carboxylic acids is 1. The van der Waals surface area contributed by atoms with Crippen molar-refractivity contribution in [2.24, 2.45) is 0 Å². The highest BCUT2D eigenvalue weighted by Gasteiger charge is 2.22. The SMILES string of the molecule is O=C1CCCc2ccc(S(=O)(=O)Nc3ccc(-c4ccc(N5CCOCC5)nn4)cc3)cc21. The van der Waals surface area contributed by atoms with Crippen LogP contribution in [0.15, 0.2) is 59.5 Å².